The SMILES string of the molecule is O=C(NCCCNC1CC1)c1cc(Br)sc1Br. The van der Waals surface area contributed by atoms with Gasteiger partial charge in [-0.25, -0.2) is 0 Å². The van der Waals surface area contributed by atoms with Gasteiger partial charge in [-0.15, -0.1) is 11.3 Å². The van der Waals surface area contributed by atoms with E-state index in [1.165, 1.54) is 24.2 Å². The van der Waals surface area contributed by atoms with Crippen molar-refractivity contribution in [1.82, 2.24) is 10.6 Å². The molecule has 0 radical (unpaired) electrons. The van der Waals surface area contributed by atoms with Crippen molar-refractivity contribution in [3.8, 4) is 0 Å². The lowest BCUT2D eigenvalue weighted by Gasteiger charge is -2.05. The highest BCUT2D eigenvalue weighted by atomic mass is 79.9. The van der Waals surface area contributed by atoms with Crippen molar-refractivity contribution in [3.05, 3.63) is 19.2 Å². The van der Waals surface area contributed by atoms with Crippen molar-refractivity contribution in [2.75, 3.05) is 13.1 Å². The highest BCUT2D eigenvalue weighted by molar-refractivity contribution is 9.12. The number of hydrogen-bond donors (Lipinski definition) is 2. The number of hydrogen-bond acceptors (Lipinski definition) is 3. The second kappa shape index (κ2) is 6.31. The van der Waals surface area contributed by atoms with Crippen LogP contribution in [0.1, 0.15) is 29.6 Å². The molecule has 0 spiro atoms. The second-order valence-electron chi connectivity index (χ2n) is 4.08. The quantitative estimate of drug-likeness (QED) is 0.743. The van der Waals surface area contributed by atoms with Crippen LogP contribution in [0.2, 0.25) is 0 Å². The molecule has 1 aromatic rings. The number of amides is 1. The Balaban J connectivity index is 1.67. The highest BCUT2D eigenvalue weighted by Crippen LogP contribution is 2.31. The second-order valence-corrected chi connectivity index (χ2v) is 7.83. The fourth-order valence-corrected chi connectivity index (χ4v) is 4.27. The molecule has 0 bridgehead atoms. The third-order valence-corrected chi connectivity index (χ3v) is 4.89. The lowest BCUT2D eigenvalue weighted by atomic mass is 10.3. The fourth-order valence-electron chi connectivity index (χ4n) is 1.47. The lowest BCUT2D eigenvalue weighted by Crippen LogP contribution is -2.27. The largest absolute Gasteiger partial charge is 0.352 e. The van der Waals surface area contributed by atoms with E-state index in [1.54, 1.807) is 0 Å². The van der Waals surface area contributed by atoms with E-state index < -0.39 is 0 Å². The van der Waals surface area contributed by atoms with Crippen molar-refractivity contribution in [1.29, 1.82) is 0 Å². The predicted octanol–water partition coefficient (Wildman–Crippen LogP) is 3.15. The average molecular weight is 382 g/mol. The van der Waals surface area contributed by atoms with Crippen LogP contribution >= 0.6 is 43.2 Å². The van der Waals surface area contributed by atoms with Gasteiger partial charge >= 0.3 is 0 Å². The van der Waals surface area contributed by atoms with Crippen LogP contribution in [0.5, 0.6) is 0 Å². The summed E-state index contributed by atoms with van der Waals surface area (Å²) in [7, 11) is 0. The molecule has 6 heteroatoms. The molecule has 1 saturated carbocycles. The maximum Gasteiger partial charge on any atom is 0.253 e. The minimum absolute atomic E-state index is 0.00903. The minimum Gasteiger partial charge on any atom is -0.352 e. The first kappa shape index (κ1) is 13.5. The van der Waals surface area contributed by atoms with Crippen molar-refractivity contribution in [3.63, 3.8) is 0 Å². The third kappa shape index (κ3) is 4.35. The van der Waals surface area contributed by atoms with Gasteiger partial charge < -0.3 is 10.6 Å². The summed E-state index contributed by atoms with van der Waals surface area (Å²) in [6.07, 6.45) is 3.59. The Hall–Kier alpha value is 0.0900. The Morgan fingerprint density at radius 1 is 1.41 bits per heavy atom. The topological polar surface area (TPSA) is 41.1 Å². The van der Waals surface area contributed by atoms with Crippen molar-refractivity contribution < 1.29 is 4.79 Å². The molecule has 1 aliphatic carbocycles. The van der Waals surface area contributed by atoms with E-state index in [0.717, 1.165) is 33.1 Å². The van der Waals surface area contributed by atoms with Gasteiger partial charge in [0.05, 0.1) is 13.1 Å². The minimum atomic E-state index is -0.00903. The standard InChI is InChI=1S/C11H14Br2N2OS/c12-9-6-8(10(13)17-9)11(16)15-5-1-4-14-7-2-3-7/h6-7,14H,1-5H2,(H,15,16). The first-order chi connectivity index (χ1) is 8.16. The van der Waals surface area contributed by atoms with Gasteiger partial charge in [-0.1, -0.05) is 0 Å². The van der Waals surface area contributed by atoms with Gasteiger partial charge in [-0.05, 0) is 63.7 Å². The number of thiophene rings is 1. The summed E-state index contributed by atoms with van der Waals surface area (Å²) < 4.78 is 1.84. The smallest absolute Gasteiger partial charge is 0.253 e. The Labute approximate surface area is 122 Å². The summed E-state index contributed by atoms with van der Waals surface area (Å²) in [4.78, 5) is 11.8. The third-order valence-electron chi connectivity index (χ3n) is 2.55. The molecule has 94 valence electrons. The molecule has 0 aliphatic heterocycles. The Kier molecular flexibility index (Phi) is 5.02. The van der Waals surface area contributed by atoms with E-state index in [2.05, 4.69) is 42.5 Å². The normalized spacial score (nSPS) is 14.9. The number of rotatable bonds is 6. The van der Waals surface area contributed by atoms with E-state index in [-0.39, 0.29) is 5.91 Å². The Morgan fingerprint density at radius 2 is 2.18 bits per heavy atom. The van der Waals surface area contributed by atoms with Crippen LogP contribution in [0.15, 0.2) is 13.6 Å². The molecular weight excluding hydrogens is 368 g/mol. The zero-order chi connectivity index (χ0) is 12.3. The number of carbonyl (C=O) groups is 1. The summed E-state index contributed by atoms with van der Waals surface area (Å²) in [6.45, 7) is 1.71. The molecule has 2 rings (SSSR count). The summed E-state index contributed by atoms with van der Waals surface area (Å²) in [6, 6.07) is 2.58. The van der Waals surface area contributed by atoms with E-state index in [1.807, 2.05) is 6.07 Å². The molecule has 2 N–H and O–H groups in total. The van der Waals surface area contributed by atoms with Gasteiger partial charge in [0.1, 0.15) is 0 Å². The summed E-state index contributed by atoms with van der Waals surface area (Å²) in [5, 5.41) is 6.34. The summed E-state index contributed by atoms with van der Waals surface area (Å²) in [5.74, 6) is -0.00903. The lowest BCUT2D eigenvalue weighted by molar-refractivity contribution is 0.0953. The molecule has 17 heavy (non-hydrogen) atoms. The zero-order valence-corrected chi connectivity index (χ0v) is 13.3. The Bertz CT molecular complexity index is 404. The van der Waals surface area contributed by atoms with Gasteiger partial charge in [0.2, 0.25) is 0 Å². The van der Waals surface area contributed by atoms with E-state index in [0.29, 0.717) is 5.56 Å². The van der Waals surface area contributed by atoms with E-state index >= 15 is 0 Å². The first-order valence-electron chi connectivity index (χ1n) is 5.63. The van der Waals surface area contributed by atoms with Gasteiger partial charge in [0.25, 0.3) is 5.91 Å². The van der Waals surface area contributed by atoms with Crippen LogP contribution in [0.4, 0.5) is 0 Å². The molecule has 0 saturated heterocycles. The molecule has 0 unspecified atom stereocenters. The van der Waals surface area contributed by atoms with Crippen molar-refractivity contribution in [2.45, 2.75) is 25.3 Å². The van der Waals surface area contributed by atoms with E-state index in [9.17, 15) is 4.79 Å². The average Bonchev–Trinajstić information content (AvgIpc) is 3.03. The van der Waals surface area contributed by atoms with Gasteiger partial charge in [0.15, 0.2) is 0 Å². The molecular formula is C11H14Br2N2OS. The maximum atomic E-state index is 11.8. The molecule has 1 aliphatic rings. The van der Waals surface area contributed by atoms with Crippen LogP contribution in [-0.2, 0) is 0 Å². The molecule has 3 nitrogen and oxygen atoms in total. The first-order valence-corrected chi connectivity index (χ1v) is 8.03. The monoisotopic (exact) mass is 380 g/mol. The Morgan fingerprint density at radius 3 is 2.76 bits per heavy atom. The molecule has 1 amide bonds. The van der Waals surface area contributed by atoms with Crippen LogP contribution in [0.3, 0.4) is 0 Å². The highest BCUT2D eigenvalue weighted by Gasteiger charge is 2.19. The van der Waals surface area contributed by atoms with Crippen LogP contribution < -0.4 is 10.6 Å². The van der Waals surface area contributed by atoms with Gasteiger partial charge in [-0.3, -0.25) is 4.79 Å². The summed E-state index contributed by atoms with van der Waals surface area (Å²) >= 11 is 8.26. The maximum absolute atomic E-state index is 11.8. The van der Waals surface area contributed by atoms with Gasteiger partial charge in [0, 0.05) is 12.6 Å². The van der Waals surface area contributed by atoms with Crippen LogP contribution in [0.25, 0.3) is 0 Å². The zero-order valence-electron chi connectivity index (χ0n) is 9.26. The van der Waals surface area contributed by atoms with Crippen LogP contribution in [-0.4, -0.2) is 25.0 Å². The van der Waals surface area contributed by atoms with E-state index in [4.69, 9.17) is 0 Å². The van der Waals surface area contributed by atoms with Crippen LogP contribution in [0, 0.1) is 0 Å². The number of halogens is 2. The van der Waals surface area contributed by atoms with Crippen molar-refractivity contribution in [2.24, 2.45) is 0 Å². The number of carbonyl (C=O) groups excluding carboxylic acids is 1. The molecule has 1 fully saturated rings. The molecule has 1 heterocycles. The molecule has 0 aromatic carbocycles. The summed E-state index contributed by atoms with van der Waals surface area (Å²) in [5.41, 5.74) is 0.706. The molecule has 0 atom stereocenters. The van der Waals surface area contributed by atoms with Gasteiger partial charge in [-0.2, -0.15) is 0 Å². The predicted molar refractivity (Wildman–Crippen MR) is 77.7 cm³/mol. The number of nitrogens with one attached hydrogen (secondary N) is 2. The molecule has 1 aromatic heterocycles. The van der Waals surface area contributed by atoms with Crippen molar-refractivity contribution >= 4 is 49.1 Å². The fraction of sp³-hybridized carbons (Fsp3) is 0.545.